The van der Waals surface area contributed by atoms with E-state index in [-0.39, 0.29) is 23.4 Å². The zero-order valence-electron chi connectivity index (χ0n) is 22.4. The molecule has 8 nitrogen and oxygen atoms in total. The number of para-hydroxylation sites is 1. The van der Waals surface area contributed by atoms with Crippen molar-refractivity contribution < 1.29 is 37.3 Å². The van der Waals surface area contributed by atoms with Crippen LogP contribution in [0.4, 0.5) is 30.2 Å². The highest BCUT2D eigenvalue weighted by molar-refractivity contribution is 9.10. The van der Waals surface area contributed by atoms with Crippen molar-refractivity contribution in [1.29, 1.82) is 0 Å². The zero-order valence-corrected chi connectivity index (χ0v) is 24.0. The average Bonchev–Trinajstić information content (AvgIpc) is 2.93. The predicted molar refractivity (Wildman–Crippen MR) is 153 cm³/mol. The number of alkyl halides is 3. The number of piperidine rings is 1. The molecule has 0 spiro atoms. The Labute approximate surface area is 243 Å². The molecule has 12 heteroatoms. The Hall–Kier alpha value is -3.93. The Balaban J connectivity index is 1.72. The fourth-order valence-electron chi connectivity index (χ4n) is 4.68. The van der Waals surface area contributed by atoms with Crippen molar-refractivity contribution in [2.45, 2.75) is 39.0 Å². The minimum atomic E-state index is -4.85. The van der Waals surface area contributed by atoms with E-state index in [0.29, 0.717) is 15.7 Å². The van der Waals surface area contributed by atoms with Crippen molar-refractivity contribution in [2.24, 2.45) is 0 Å². The second-order valence-corrected chi connectivity index (χ2v) is 10.4. The number of halogens is 4. The first-order valence-electron chi connectivity index (χ1n) is 12.9. The van der Waals surface area contributed by atoms with Gasteiger partial charge in [0, 0.05) is 17.6 Å². The number of nitrogens with one attached hydrogen (secondary N) is 1. The van der Waals surface area contributed by atoms with Gasteiger partial charge in [0.05, 0.1) is 30.6 Å². The number of carbonyl (C=O) groups is 2. The van der Waals surface area contributed by atoms with Gasteiger partial charge in [0.25, 0.3) is 0 Å². The van der Waals surface area contributed by atoms with E-state index in [0.717, 1.165) is 55.7 Å². The highest BCUT2D eigenvalue weighted by Gasteiger charge is 2.31. The summed E-state index contributed by atoms with van der Waals surface area (Å²) in [5.41, 5.74) is 6.37. The largest absolute Gasteiger partial charge is 0.573 e. The molecular formula is C29H29BrF3N3O5. The first kappa shape index (κ1) is 30.0. The Morgan fingerprint density at radius 1 is 1.07 bits per heavy atom. The van der Waals surface area contributed by atoms with Crippen molar-refractivity contribution in [2.75, 3.05) is 35.5 Å². The maximum Gasteiger partial charge on any atom is 0.573 e. The van der Waals surface area contributed by atoms with Crippen LogP contribution in [0.5, 0.6) is 11.5 Å². The number of carboxylic acids is 1. The summed E-state index contributed by atoms with van der Waals surface area (Å²) in [7, 11) is 1.33. The number of methoxy groups -OCH3 is 1. The molecule has 0 unspecified atom stereocenters. The zero-order chi connectivity index (χ0) is 29.7. The molecule has 0 aromatic heterocycles. The van der Waals surface area contributed by atoms with Gasteiger partial charge in [-0.05, 0) is 79.8 Å². The number of benzene rings is 3. The predicted octanol–water partition coefficient (Wildman–Crippen LogP) is 6.96. The number of ether oxygens (including phenoxy) is 2. The van der Waals surface area contributed by atoms with E-state index in [9.17, 15) is 27.9 Å². The number of hydrogen-bond acceptors (Lipinski definition) is 6. The minimum Gasteiger partial charge on any atom is -0.496 e. The van der Waals surface area contributed by atoms with Crippen LogP contribution in [0.3, 0.4) is 0 Å². The van der Waals surface area contributed by atoms with Gasteiger partial charge in [-0.15, -0.1) is 13.2 Å². The molecule has 1 heterocycles. The molecular weight excluding hydrogens is 607 g/mol. The summed E-state index contributed by atoms with van der Waals surface area (Å²) >= 11 is 3.35. The standard InChI is InChI=1S/C29H29BrF3N3O5/c1-18-7-6-8-24(35-13-4-3-5-14-35)27(18)34-36(20-9-11-21(12-10-20)41-29(31,32)33)26(37)16-19-15-25(40-2)22(28(38)39)17-23(19)30/h6-12,15,17,34H,3-5,13-14,16H2,1-2H3,(H,38,39). The average molecular weight is 636 g/mol. The molecule has 4 rings (SSSR count). The third-order valence-corrected chi connectivity index (χ3v) is 7.43. The lowest BCUT2D eigenvalue weighted by atomic mass is 10.1. The summed E-state index contributed by atoms with van der Waals surface area (Å²) in [6, 6.07) is 13.6. The van der Waals surface area contributed by atoms with E-state index in [1.54, 1.807) is 0 Å². The monoisotopic (exact) mass is 635 g/mol. The van der Waals surface area contributed by atoms with E-state index in [4.69, 9.17) is 4.74 Å². The van der Waals surface area contributed by atoms with E-state index in [2.05, 4.69) is 31.0 Å². The van der Waals surface area contributed by atoms with Gasteiger partial charge in [0.2, 0.25) is 5.91 Å². The van der Waals surface area contributed by atoms with Crippen molar-refractivity contribution in [1.82, 2.24) is 0 Å². The molecule has 0 radical (unpaired) electrons. The van der Waals surface area contributed by atoms with Gasteiger partial charge in [-0.1, -0.05) is 28.1 Å². The molecule has 0 saturated carbocycles. The van der Waals surface area contributed by atoms with E-state index in [1.165, 1.54) is 36.4 Å². The van der Waals surface area contributed by atoms with Crippen molar-refractivity contribution in [3.05, 3.63) is 75.8 Å². The van der Waals surface area contributed by atoms with E-state index in [1.807, 2.05) is 25.1 Å². The first-order chi connectivity index (χ1) is 19.5. The van der Waals surface area contributed by atoms with Gasteiger partial charge >= 0.3 is 12.3 Å². The molecule has 1 aliphatic rings. The molecule has 1 amide bonds. The quantitative estimate of drug-likeness (QED) is 0.246. The van der Waals surface area contributed by atoms with Crippen LogP contribution in [-0.4, -0.2) is 43.5 Å². The molecule has 218 valence electrons. The van der Waals surface area contributed by atoms with Crippen LogP contribution in [0, 0.1) is 6.92 Å². The van der Waals surface area contributed by atoms with Gasteiger partial charge in [-0.3, -0.25) is 10.2 Å². The van der Waals surface area contributed by atoms with Gasteiger partial charge in [0.1, 0.15) is 17.1 Å². The lowest BCUT2D eigenvalue weighted by Gasteiger charge is -2.33. The van der Waals surface area contributed by atoms with Crippen LogP contribution in [0.15, 0.2) is 59.1 Å². The Morgan fingerprint density at radius 3 is 2.37 bits per heavy atom. The van der Waals surface area contributed by atoms with Crippen LogP contribution in [-0.2, 0) is 11.2 Å². The summed E-state index contributed by atoms with van der Waals surface area (Å²) in [5, 5.41) is 10.8. The van der Waals surface area contributed by atoms with Crippen LogP contribution in [0.1, 0.15) is 40.7 Å². The molecule has 0 aliphatic carbocycles. The van der Waals surface area contributed by atoms with Gasteiger partial charge in [-0.25, -0.2) is 9.80 Å². The van der Waals surface area contributed by atoms with Gasteiger partial charge in [-0.2, -0.15) is 0 Å². The third-order valence-electron chi connectivity index (χ3n) is 6.69. The summed E-state index contributed by atoms with van der Waals surface area (Å²) in [6.45, 7) is 3.63. The van der Waals surface area contributed by atoms with Crippen molar-refractivity contribution >= 4 is 44.9 Å². The molecule has 3 aromatic rings. The van der Waals surface area contributed by atoms with E-state index >= 15 is 0 Å². The van der Waals surface area contributed by atoms with Crippen LogP contribution < -0.4 is 24.8 Å². The molecule has 41 heavy (non-hydrogen) atoms. The smallest absolute Gasteiger partial charge is 0.496 e. The summed E-state index contributed by atoms with van der Waals surface area (Å²) in [5.74, 6) is -1.97. The number of aryl methyl sites for hydroxylation is 1. The topological polar surface area (TPSA) is 91.3 Å². The fourth-order valence-corrected chi connectivity index (χ4v) is 5.17. The molecule has 2 N–H and O–H groups in total. The Bertz CT molecular complexity index is 1410. The second-order valence-electron chi connectivity index (χ2n) is 9.53. The number of anilines is 3. The lowest BCUT2D eigenvalue weighted by Crippen LogP contribution is -2.39. The summed E-state index contributed by atoms with van der Waals surface area (Å²) in [4.78, 5) is 27.7. The number of hydrazine groups is 1. The number of aromatic carboxylic acids is 1. The number of nitrogens with zero attached hydrogens (tertiary/aromatic N) is 2. The van der Waals surface area contributed by atoms with Crippen molar-refractivity contribution in [3.63, 3.8) is 0 Å². The van der Waals surface area contributed by atoms with E-state index < -0.39 is 24.0 Å². The number of rotatable bonds is 9. The molecule has 1 aliphatic heterocycles. The number of carbonyl (C=O) groups excluding carboxylic acids is 1. The molecule has 1 fully saturated rings. The number of carboxylic acid groups (broad SMARTS) is 1. The van der Waals surface area contributed by atoms with Crippen LogP contribution in [0.2, 0.25) is 0 Å². The lowest BCUT2D eigenvalue weighted by molar-refractivity contribution is -0.274. The maximum atomic E-state index is 13.9. The fraction of sp³-hybridized carbons (Fsp3) is 0.310. The van der Waals surface area contributed by atoms with Crippen LogP contribution in [0.25, 0.3) is 0 Å². The summed E-state index contributed by atoms with van der Waals surface area (Å²) in [6.07, 6.45) is -1.82. The Morgan fingerprint density at radius 2 is 1.76 bits per heavy atom. The van der Waals surface area contributed by atoms with Gasteiger partial charge in [0.15, 0.2) is 0 Å². The second kappa shape index (κ2) is 12.7. The summed E-state index contributed by atoms with van der Waals surface area (Å²) < 4.78 is 47.9. The maximum absolute atomic E-state index is 13.9. The first-order valence-corrected chi connectivity index (χ1v) is 13.7. The molecule has 3 aromatic carbocycles. The molecule has 0 atom stereocenters. The SMILES string of the molecule is COc1cc(CC(=O)N(Nc2c(C)cccc2N2CCCCC2)c2ccc(OC(F)(F)F)cc2)c(Br)cc1C(=O)O. The number of amides is 1. The normalized spacial score (nSPS) is 13.5. The third kappa shape index (κ3) is 7.43. The van der Waals surface area contributed by atoms with Crippen LogP contribution >= 0.6 is 15.9 Å². The molecule has 0 bridgehead atoms. The Kier molecular flexibility index (Phi) is 9.31. The van der Waals surface area contributed by atoms with Gasteiger partial charge < -0.3 is 19.5 Å². The molecule has 1 saturated heterocycles. The number of hydrogen-bond donors (Lipinski definition) is 2. The highest BCUT2D eigenvalue weighted by atomic mass is 79.9. The minimum absolute atomic E-state index is 0.0723. The van der Waals surface area contributed by atoms with Crippen molar-refractivity contribution in [3.8, 4) is 11.5 Å². The highest BCUT2D eigenvalue weighted by Crippen LogP contribution is 2.34.